The van der Waals surface area contributed by atoms with Crippen LogP contribution in [0.2, 0.25) is 5.02 Å². The van der Waals surface area contributed by atoms with Gasteiger partial charge in [-0.25, -0.2) is 0 Å². The number of hydrogen-bond donors (Lipinski definition) is 1. The molecule has 0 spiro atoms. The van der Waals surface area contributed by atoms with E-state index < -0.39 is 0 Å². The molecule has 0 fully saturated rings. The SMILES string of the molecule is O=C(NCCSc1ccc(Cl)cc1)c1occc1-c1ccccc1. The Morgan fingerprint density at radius 3 is 2.54 bits per heavy atom. The van der Waals surface area contributed by atoms with Crippen LogP contribution in [0, 0.1) is 0 Å². The molecule has 24 heavy (non-hydrogen) atoms. The van der Waals surface area contributed by atoms with Gasteiger partial charge in [0.05, 0.1) is 6.26 Å². The topological polar surface area (TPSA) is 42.2 Å². The minimum atomic E-state index is -0.199. The molecule has 0 atom stereocenters. The molecule has 1 aromatic heterocycles. The molecule has 3 aromatic rings. The van der Waals surface area contributed by atoms with E-state index in [1.165, 1.54) is 0 Å². The van der Waals surface area contributed by atoms with E-state index in [1.807, 2.05) is 60.7 Å². The fourth-order valence-electron chi connectivity index (χ4n) is 2.27. The van der Waals surface area contributed by atoms with Crippen LogP contribution in [0.3, 0.4) is 0 Å². The van der Waals surface area contributed by atoms with Gasteiger partial charge in [-0.2, -0.15) is 0 Å². The standard InChI is InChI=1S/C19H16ClNO2S/c20-15-6-8-16(9-7-15)24-13-11-21-19(22)18-17(10-12-23-18)14-4-2-1-3-5-14/h1-10,12H,11,13H2,(H,21,22). The Labute approximate surface area is 150 Å². The lowest BCUT2D eigenvalue weighted by molar-refractivity contribution is 0.0929. The van der Waals surface area contributed by atoms with E-state index >= 15 is 0 Å². The quantitative estimate of drug-likeness (QED) is 0.491. The molecule has 2 aromatic carbocycles. The number of carbonyl (C=O) groups is 1. The van der Waals surface area contributed by atoms with Crippen molar-refractivity contribution in [1.29, 1.82) is 0 Å². The Balaban J connectivity index is 1.54. The smallest absolute Gasteiger partial charge is 0.287 e. The molecule has 3 nitrogen and oxygen atoms in total. The molecule has 1 N–H and O–H groups in total. The molecule has 0 saturated carbocycles. The number of benzene rings is 2. The Morgan fingerprint density at radius 2 is 1.79 bits per heavy atom. The van der Waals surface area contributed by atoms with Gasteiger partial charge in [0.2, 0.25) is 0 Å². The summed E-state index contributed by atoms with van der Waals surface area (Å²) in [5.41, 5.74) is 1.77. The summed E-state index contributed by atoms with van der Waals surface area (Å²) in [6.45, 7) is 0.557. The number of hydrogen-bond acceptors (Lipinski definition) is 3. The van der Waals surface area contributed by atoms with Crippen molar-refractivity contribution in [3.63, 3.8) is 0 Å². The molecular weight excluding hydrogens is 342 g/mol. The van der Waals surface area contributed by atoms with Crippen molar-refractivity contribution < 1.29 is 9.21 Å². The van der Waals surface area contributed by atoms with Gasteiger partial charge in [-0.05, 0) is 35.9 Å². The minimum Gasteiger partial charge on any atom is -0.459 e. The summed E-state index contributed by atoms with van der Waals surface area (Å²) in [5.74, 6) is 0.919. The van der Waals surface area contributed by atoms with E-state index in [1.54, 1.807) is 18.0 Å². The average molecular weight is 358 g/mol. The Kier molecular flexibility index (Phi) is 5.62. The highest BCUT2D eigenvalue weighted by molar-refractivity contribution is 7.99. The lowest BCUT2D eigenvalue weighted by Gasteiger charge is -2.06. The third kappa shape index (κ3) is 4.22. The lowest BCUT2D eigenvalue weighted by atomic mass is 10.1. The summed E-state index contributed by atoms with van der Waals surface area (Å²) >= 11 is 7.53. The van der Waals surface area contributed by atoms with Crippen molar-refractivity contribution in [2.45, 2.75) is 4.90 Å². The van der Waals surface area contributed by atoms with Crippen molar-refractivity contribution in [3.8, 4) is 11.1 Å². The van der Waals surface area contributed by atoms with E-state index in [2.05, 4.69) is 5.32 Å². The summed E-state index contributed by atoms with van der Waals surface area (Å²) in [5, 5.41) is 3.62. The molecule has 0 bridgehead atoms. The fraction of sp³-hybridized carbons (Fsp3) is 0.105. The van der Waals surface area contributed by atoms with Gasteiger partial charge in [-0.1, -0.05) is 41.9 Å². The van der Waals surface area contributed by atoms with Crippen LogP contribution in [0.15, 0.2) is 76.2 Å². The van der Waals surface area contributed by atoms with Crippen molar-refractivity contribution in [2.75, 3.05) is 12.3 Å². The highest BCUT2D eigenvalue weighted by Crippen LogP contribution is 2.24. The summed E-state index contributed by atoms with van der Waals surface area (Å²) in [6, 6.07) is 19.2. The molecule has 1 heterocycles. The normalized spacial score (nSPS) is 10.5. The van der Waals surface area contributed by atoms with Crippen molar-refractivity contribution >= 4 is 29.3 Å². The molecule has 0 saturated heterocycles. The summed E-state index contributed by atoms with van der Waals surface area (Å²) < 4.78 is 5.38. The number of amides is 1. The second kappa shape index (κ2) is 8.08. The minimum absolute atomic E-state index is 0.199. The largest absolute Gasteiger partial charge is 0.459 e. The summed E-state index contributed by atoms with van der Waals surface area (Å²) in [6.07, 6.45) is 1.54. The van der Waals surface area contributed by atoms with Gasteiger partial charge >= 0.3 is 0 Å². The molecule has 5 heteroatoms. The van der Waals surface area contributed by atoms with Gasteiger partial charge in [-0.15, -0.1) is 11.8 Å². The summed E-state index contributed by atoms with van der Waals surface area (Å²) in [7, 11) is 0. The molecule has 3 rings (SSSR count). The molecule has 122 valence electrons. The van der Waals surface area contributed by atoms with Crippen molar-refractivity contribution in [1.82, 2.24) is 5.32 Å². The average Bonchev–Trinajstić information content (AvgIpc) is 3.11. The van der Waals surface area contributed by atoms with Gasteiger partial charge < -0.3 is 9.73 Å². The lowest BCUT2D eigenvalue weighted by Crippen LogP contribution is -2.25. The van der Waals surface area contributed by atoms with E-state index in [9.17, 15) is 4.79 Å². The predicted octanol–water partition coefficient (Wildman–Crippen LogP) is 5.12. The molecule has 0 aliphatic heterocycles. The third-order valence-corrected chi connectivity index (χ3v) is 4.69. The maximum atomic E-state index is 12.3. The van der Waals surface area contributed by atoms with Gasteiger partial charge in [0.1, 0.15) is 0 Å². The van der Waals surface area contributed by atoms with Gasteiger partial charge in [-0.3, -0.25) is 4.79 Å². The number of thioether (sulfide) groups is 1. The van der Waals surface area contributed by atoms with E-state index in [-0.39, 0.29) is 5.91 Å². The third-order valence-electron chi connectivity index (χ3n) is 3.43. The van der Waals surface area contributed by atoms with Gasteiger partial charge in [0, 0.05) is 27.8 Å². The van der Waals surface area contributed by atoms with Crippen LogP contribution in [0.4, 0.5) is 0 Å². The Bertz CT molecular complexity index is 800. The van der Waals surface area contributed by atoms with Crippen LogP contribution in [0.1, 0.15) is 10.6 Å². The van der Waals surface area contributed by atoms with Crippen molar-refractivity contribution in [2.24, 2.45) is 0 Å². The molecular formula is C19H16ClNO2S. The van der Waals surface area contributed by atoms with Crippen LogP contribution in [0.5, 0.6) is 0 Å². The predicted molar refractivity (Wildman–Crippen MR) is 98.7 cm³/mol. The van der Waals surface area contributed by atoms with Gasteiger partial charge in [0.25, 0.3) is 5.91 Å². The maximum Gasteiger partial charge on any atom is 0.287 e. The maximum absolute atomic E-state index is 12.3. The number of rotatable bonds is 6. The first-order chi connectivity index (χ1) is 11.7. The van der Waals surface area contributed by atoms with Crippen LogP contribution in [-0.4, -0.2) is 18.2 Å². The first-order valence-corrected chi connectivity index (χ1v) is 8.90. The molecule has 0 aliphatic rings. The van der Waals surface area contributed by atoms with Crippen LogP contribution >= 0.6 is 23.4 Å². The van der Waals surface area contributed by atoms with Crippen LogP contribution < -0.4 is 5.32 Å². The zero-order valence-electron chi connectivity index (χ0n) is 12.9. The molecule has 0 aliphatic carbocycles. The highest BCUT2D eigenvalue weighted by atomic mass is 35.5. The fourth-order valence-corrected chi connectivity index (χ4v) is 3.17. The van der Waals surface area contributed by atoms with Crippen LogP contribution in [0.25, 0.3) is 11.1 Å². The van der Waals surface area contributed by atoms with Crippen LogP contribution in [-0.2, 0) is 0 Å². The first-order valence-electron chi connectivity index (χ1n) is 7.53. The first kappa shape index (κ1) is 16.7. The zero-order valence-corrected chi connectivity index (χ0v) is 14.4. The molecule has 0 unspecified atom stereocenters. The number of carbonyl (C=O) groups excluding carboxylic acids is 1. The summed E-state index contributed by atoms with van der Waals surface area (Å²) in [4.78, 5) is 13.4. The van der Waals surface area contributed by atoms with E-state index in [0.29, 0.717) is 12.3 Å². The Morgan fingerprint density at radius 1 is 1.04 bits per heavy atom. The second-order valence-corrected chi connectivity index (χ2v) is 6.69. The number of nitrogens with one attached hydrogen (secondary N) is 1. The number of furan rings is 1. The number of halogens is 1. The van der Waals surface area contributed by atoms with Crippen molar-refractivity contribution in [3.05, 3.63) is 77.7 Å². The molecule has 0 radical (unpaired) electrons. The molecule has 1 amide bonds. The van der Waals surface area contributed by atoms with E-state index in [0.717, 1.165) is 26.8 Å². The monoisotopic (exact) mass is 357 g/mol. The van der Waals surface area contributed by atoms with Gasteiger partial charge in [0.15, 0.2) is 5.76 Å². The van der Waals surface area contributed by atoms with E-state index in [4.69, 9.17) is 16.0 Å². The highest BCUT2D eigenvalue weighted by Gasteiger charge is 2.16. The Hall–Kier alpha value is -2.17. The zero-order chi connectivity index (χ0) is 16.8. The second-order valence-electron chi connectivity index (χ2n) is 5.09.